The second kappa shape index (κ2) is 7.02. The summed E-state index contributed by atoms with van der Waals surface area (Å²) in [6.45, 7) is 2.51. The Morgan fingerprint density at radius 1 is 1.16 bits per heavy atom. The molecule has 1 saturated heterocycles. The van der Waals surface area contributed by atoms with Gasteiger partial charge in [-0.15, -0.1) is 0 Å². The summed E-state index contributed by atoms with van der Waals surface area (Å²) in [7, 11) is 0. The molecule has 3 fully saturated rings. The van der Waals surface area contributed by atoms with E-state index in [4.69, 9.17) is 0 Å². The SMILES string of the molecule is O=C(NC[C@@H]1C[C@H]2CC[C@H]1C2)C(=O)Nc1cccnc1N1CCCC1. The first kappa shape index (κ1) is 16.4. The minimum Gasteiger partial charge on any atom is -0.355 e. The van der Waals surface area contributed by atoms with Crippen molar-refractivity contribution < 1.29 is 9.59 Å². The first-order valence-electron chi connectivity index (χ1n) is 9.50. The Hall–Kier alpha value is -2.11. The Bertz CT molecular complexity index is 657. The van der Waals surface area contributed by atoms with Gasteiger partial charge in [0.1, 0.15) is 0 Å². The highest BCUT2D eigenvalue weighted by Crippen LogP contribution is 2.47. The minimum absolute atomic E-state index is 0.543. The van der Waals surface area contributed by atoms with Gasteiger partial charge in [0.15, 0.2) is 5.82 Å². The van der Waals surface area contributed by atoms with Gasteiger partial charge in [0.2, 0.25) is 0 Å². The van der Waals surface area contributed by atoms with Crippen LogP contribution in [0.4, 0.5) is 11.5 Å². The van der Waals surface area contributed by atoms with Crippen LogP contribution in [-0.4, -0.2) is 36.4 Å². The summed E-state index contributed by atoms with van der Waals surface area (Å²) < 4.78 is 0. The number of aromatic nitrogens is 1. The summed E-state index contributed by atoms with van der Waals surface area (Å²) in [5, 5.41) is 5.57. The summed E-state index contributed by atoms with van der Waals surface area (Å²) in [6.07, 6.45) is 9.12. The van der Waals surface area contributed by atoms with Gasteiger partial charge in [-0.2, -0.15) is 0 Å². The van der Waals surface area contributed by atoms with Crippen molar-refractivity contribution in [3.8, 4) is 0 Å². The molecule has 2 heterocycles. The Morgan fingerprint density at radius 3 is 2.72 bits per heavy atom. The van der Waals surface area contributed by atoms with Crippen LogP contribution in [0.2, 0.25) is 0 Å². The molecule has 25 heavy (non-hydrogen) atoms. The number of rotatable bonds is 4. The quantitative estimate of drug-likeness (QED) is 0.823. The van der Waals surface area contributed by atoms with Gasteiger partial charge < -0.3 is 15.5 Å². The minimum atomic E-state index is -0.600. The molecular formula is C19H26N4O2. The van der Waals surface area contributed by atoms with E-state index in [9.17, 15) is 9.59 Å². The van der Waals surface area contributed by atoms with Crippen LogP contribution in [0.5, 0.6) is 0 Å². The predicted octanol–water partition coefficient (Wildman–Crippen LogP) is 2.17. The molecule has 2 saturated carbocycles. The largest absolute Gasteiger partial charge is 0.355 e. The summed E-state index contributed by atoms with van der Waals surface area (Å²) in [4.78, 5) is 31.0. The third kappa shape index (κ3) is 3.48. The van der Waals surface area contributed by atoms with Crippen molar-refractivity contribution >= 4 is 23.3 Å². The molecule has 134 valence electrons. The average molecular weight is 342 g/mol. The standard InChI is InChI=1S/C19H26N4O2/c24-18(21-12-15-11-13-5-6-14(15)10-13)19(25)22-16-4-3-7-20-17(16)23-8-1-2-9-23/h3-4,7,13-15H,1-2,5-6,8-12H2,(H,21,24)(H,22,25)/t13-,14-,15-/m0/s1. The van der Waals surface area contributed by atoms with Crippen molar-refractivity contribution in [2.24, 2.45) is 17.8 Å². The molecule has 2 amide bonds. The number of carbonyl (C=O) groups is 2. The summed E-state index contributed by atoms with van der Waals surface area (Å²) in [5.74, 6) is 1.76. The lowest BCUT2D eigenvalue weighted by Gasteiger charge is -2.22. The number of nitrogens with zero attached hydrogens (tertiary/aromatic N) is 2. The van der Waals surface area contributed by atoms with Crippen molar-refractivity contribution in [2.75, 3.05) is 29.9 Å². The number of pyridine rings is 1. The molecule has 2 bridgehead atoms. The topological polar surface area (TPSA) is 74.3 Å². The lowest BCUT2D eigenvalue weighted by molar-refractivity contribution is -0.136. The van der Waals surface area contributed by atoms with Crippen LogP contribution in [0.3, 0.4) is 0 Å². The molecule has 0 spiro atoms. The average Bonchev–Trinajstić information content (AvgIpc) is 3.37. The van der Waals surface area contributed by atoms with Crippen LogP contribution in [0.25, 0.3) is 0 Å². The Labute approximate surface area is 148 Å². The number of nitrogens with one attached hydrogen (secondary N) is 2. The zero-order valence-corrected chi connectivity index (χ0v) is 14.5. The van der Waals surface area contributed by atoms with Crippen molar-refractivity contribution in [3.63, 3.8) is 0 Å². The molecular weight excluding hydrogens is 316 g/mol. The van der Waals surface area contributed by atoms with Gasteiger partial charge in [0, 0.05) is 25.8 Å². The maximum absolute atomic E-state index is 12.3. The van der Waals surface area contributed by atoms with Gasteiger partial charge in [0.05, 0.1) is 5.69 Å². The summed E-state index contributed by atoms with van der Waals surface area (Å²) >= 11 is 0. The van der Waals surface area contributed by atoms with Crippen molar-refractivity contribution in [3.05, 3.63) is 18.3 Å². The van der Waals surface area contributed by atoms with Crippen LogP contribution in [0, 0.1) is 17.8 Å². The van der Waals surface area contributed by atoms with Gasteiger partial charge in [0.25, 0.3) is 0 Å². The first-order chi connectivity index (χ1) is 12.2. The Balaban J connectivity index is 1.33. The molecule has 0 aromatic carbocycles. The Kier molecular flexibility index (Phi) is 4.59. The third-order valence-corrected chi connectivity index (χ3v) is 6.06. The molecule has 1 aliphatic heterocycles. The van der Waals surface area contributed by atoms with Crippen LogP contribution in [-0.2, 0) is 9.59 Å². The molecule has 3 atom stereocenters. The fourth-order valence-corrected chi connectivity index (χ4v) is 4.79. The number of amides is 2. The van der Waals surface area contributed by atoms with Gasteiger partial charge >= 0.3 is 11.8 Å². The van der Waals surface area contributed by atoms with Gasteiger partial charge in [-0.25, -0.2) is 4.98 Å². The number of anilines is 2. The van der Waals surface area contributed by atoms with Crippen LogP contribution >= 0.6 is 0 Å². The first-order valence-corrected chi connectivity index (χ1v) is 9.50. The van der Waals surface area contributed by atoms with Gasteiger partial charge in [-0.05, 0) is 62.0 Å². The van der Waals surface area contributed by atoms with E-state index in [2.05, 4.69) is 20.5 Å². The number of hydrogen-bond donors (Lipinski definition) is 2. The molecule has 0 unspecified atom stereocenters. The van der Waals surface area contributed by atoms with E-state index in [1.807, 2.05) is 6.07 Å². The monoisotopic (exact) mass is 342 g/mol. The highest BCUT2D eigenvalue weighted by molar-refractivity contribution is 6.39. The smallest absolute Gasteiger partial charge is 0.313 e. The number of hydrogen-bond acceptors (Lipinski definition) is 4. The molecule has 2 N–H and O–H groups in total. The molecule has 2 aliphatic carbocycles. The second-order valence-corrected chi connectivity index (χ2v) is 7.67. The van der Waals surface area contributed by atoms with Crippen molar-refractivity contribution in [2.45, 2.75) is 38.5 Å². The summed E-state index contributed by atoms with van der Waals surface area (Å²) in [6, 6.07) is 3.59. The van der Waals surface area contributed by atoms with E-state index in [1.54, 1.807) is 12.3 Å². The molecule has 1 aromatic rings. The van der Waals surface area contributed by atoms with Crippen LogP contribution in [0.1, 0.15) is 38.5 Å². The molecule has 1 aromatic heterocycles. The van der Waals surface area contributed by atoms with Crippen LogP contribution < -0.4 is 15.5 Å². The lowest BCUT2D eigenvalue weighted by atomic mass is 9.89. The zero-order valence-electron chi connectivity index (χ0n) is 14.5. The van der Waals surface area contributed by atoms with E-state index < -0.39 is 11.8 Å². The van der Waals surface area contributed by atoms with Crippen LogP contribution in [0.15, 0.2) is 18.3 Å². The fraction of sp³-hybridized carbons (Fsp3) is 0.632. The number of fused-ring (bicyclic) bond motifs is 2. The van der Waals surface area contributed by atoms with E-state index >= 15 is 0 Å². The molecule has 0 radical (unpaired) electrons. The third-order valence-electron chi connectivity index (χ3n) is 6.06. The molecule has 6 nitrogen and oxygen atoms in total. The molecule has 6 heteroatoms. The van der Waals surface area contributed by atoms with E-state index in [1.165, 1.54) is 25.7 Å². The van der Waals surface area contributed by atoms with Crippen molar-refractivity contribution in [1.82, 2.24) is 10.3 Å². The number of carbonyl (C=O) groups excluding carboxylic acids is 2. The van der Waals surface area contributed by atoms with Crippen molar-refractivity contribution in [1.29, 1.82) is 0 Å². The van der Waals surface area contributed by atoms with Gasteiger partial charge in [-0.1, -0.05) is 6.42 Å². The normalized spacial score (nSPS) is 27.5. The highest BCUT2D eigenvalue weighted by atomic mass is 16.2. The fourth-order valence-electron chi connectivity index (χ4n) is 4.79. The highest BCUT2D eigenvalue weighted by Gasteiger charge is 2.39. The predicted molar refractivity (Wildman–Crippen MR) is 96.3 cm³/mol. The molecule has 3 aliphatic rings. The van der Waals surface area contributed by atoms with E-state index in [0.717, 1.165) is 43.6 Å². The second-order valence-electron chi connectivity index (χ2n) is 7.67. The van der Waals surface area contributed by atoms with Gasteiger partial charge in [-0.3, -0.25) is 9.59 Å². The summed E-state index contributed by atoms with van der Waals surface area (Å²) in [5.41, 5.74) is 0.615. The lowest BCUT2D eigenvalue weighted by Crippen LogP contribution is -2.39. The zero-order chi connectivity index (χ0) is 17.2. The molecule has 4 rings (SSSR count). The van der Waals surface area contributed by atoms with E-state index in [0.29, 0.717) is 18.2 Å². The maximum Gasteiger partial charge on any atom is 0.313 e. The maximum atomic E-state index is 12.3. The van der Waals surface area contributed by atoms with E-state index in [-0.39, 0.29) is 0 Å². The Morgan fingerprint density at radius 2 is 2.00 bits per heavy atom.